The van der Waals surface area contributed by atoms with Gasteiger partial charge in [-0.05, 0) is 31.9 Å². The fourth-order valence-electron chi connectivity index (χ4n) is 1.73. The Bertz CT molecular complexity index is 546. The third-order valence-electron chi connectivity index (χ3n) is 2.47. The molecule has 0 saturated heterocycles. The Morgan fingerprint density at radius 1 is 1.29 bits per heavy atom. The van der Waals surface area contributed by atoms with Gasteiger partial charge in [0.2, 0.25) is 0 Å². The highest BCUT2D eigenvalue weighted by atomic mass is 16.5. The molecular formula is C13H14N2O2. The first-order valence-corrected chi connectivity index (χ1v) is 5.35. The largest absolute Gasteiger partial charge is 0.512 e. The Balaban J connectivity index is 2.47. The van der Waals surface area contributed by atoms with Crippen molar-refractivity contribution in [2.75, 3.05) is 0 Å². The molecule has 2 aromatic rings. The SMILES string of the molecule is C/C(O)=C/c1noc(-c2c(C)cccc2C)n1. The van der Waals surface area contributed by atoms with E-state index in [9.17, 15) is 0 Å². The lowest BCUT2D eigenvalue weighted by Gasteiger charge is -2.03. The van der Waals surface area contributed by atoms with Crippen molar-refractivity contribution in [3.05, 3.63) is 40.9 Å². The minimum Gasteiger partial charge on any atom is -0.512 e. The summed E-state index contributed by atoms with van der Waals surface area (Å²) in [6, 6.07) is 5.99. The Labute approximate surface area is 99.6 Å². The zero-order valence-corrected chi connectivity index (χ0v) is 10.1. The molecule has 0 unspecified atom stereocenters. The Kier molecular flexibility index (Phi) is 2.95. The number of aromatic nitrogens is 2. The number of hydrogen-bond acceptors (Lipinski definition) is 4. The maximum atomic E-state index is 9.13. The van der Waals surface area contributed by atoms with Crippen molar-refractivity contribution < 1.29 is 9.63 Å². The monoisotopic (exact) mass is 230 g/mol. The van der Waals surface area contributed by atoms with Gasteiger partial charge in [-0.15, -0.1) is 0 Å². The number of rotatable bonds is 2. The lowest BCUT2D eigenvalue weighted by Crippen LogP contribution is -1.87. The highest BCUT2D eigenvalue weighted by Crippen LogP contribution is 2.25. The Morgan fingerprint density at radius 2 is 1.94 bits per heavy atom. The van der Waals surface area contributed by atoms with Crippen LogP contribution in [-0.4, -0.2) is 15.2 Å². The van der Waals surface area contributed by atoms with Crippen LogP contribution < -0.4 is 0 Å². The molecule has 0 bridgehead atoms. The molecule has 1 aromatic carbocycles. The van der Waals surface area contributed by atoms with Gasteiger partial charge in [0, 0.05) is 11.6 Å². The molecular weight excluding hydrogens is 216 g/mol. The van der Waals surface area contributed by atoms with Crippen molar-refractivity contribution in [3.8, 4) is 11.5 Å². The lowest BCUT2D eigenvalue weighted by atomic mass is 10.0. The number of benzene rings is 1. The van der Waals surface area contributed by atoms with Crippen LogP contribution in [0.15, 0.2) is 28.5 Å². The van der Waals surface area contributed by atoms with Crippen LogP contribution in [-0.2, 0) is 0 Å². The molecule has 0 aliphatic carbocycles. The lowest BCUT2D eigenvalue weighted by molar-refractivity contribution is 0.415. The predicted molar refractivity (Wildman–Crippen MR) is 65.5 cm³/mol. The van der Waals surface area contributed by atoms with E-state index in [0.29, 0.717) is 11.7 Å². The van der Waals surface area contributed by atoms with E-state index < -0.39 is 0 Å². The summed E-state index contributed by atoms with van der Waals surface area (Å²) in [6.45, 7) is 5.56. The predicted octanol–water partition coefficient (Wildman–Crippen LogP) is 3.27. The van der Waals surface area contributed by atoms with Crippen molar-refractivity contribution in [1.82, 2.24) is 10.1 Å². The maximum absolute atomic E-state index is 9.13. The van der Waals surface area contributed by atoms with Gasteiger partial charge in [-0.25, -0.2) is 0 Å². The van der Waals surface area contributed by atoms with Gasteiger partial charge in [-0.3, -0.25) is 0 Å². The Morgan fingerprint density at radius 3 is 2.53 bits per heavy atom. The minimum atomic E-state index is 0.152. The summed E-state index contributed by atoms with van der Waals surface area (Å²) in [6.07, 6.45) is 1.46. The van der Waals surface area contributed by atoms with E-state index in [2.05, 4.69) is 10.1 Å². The summed E-state index contributed by atoms with van der Waals surface area (Å²) in [4.78, 5) is 4.23. The summed E-state index contributed by atoms with van der Waals surface area (Å²) in [5.41, 5.74) is 3.13. The van der Waals surface area contributed by atoms with Gasteiger partial charge >= 0.3 is 0 Å². The molecule has 0 aliphatic rings. The molecule has 2 rings (SSSR count). The molecule has 0 spiro atoms. The molecule has 4 heteroatoms. The average Bonchev–Trinajstić information content (AvgIpc) is 2.65. The van der Waals surface area contributed by atoms with Crippen LogP contribution in [0, 0.1) is 13.8 Å². The van der Waals surface area contributed by atoms with E-state index in [1.54, 1.807) is 6.92 Å². The first-order chi connectivity index (χ1) is 8.08. The van der Waals surface area contributed by atoms with Gasteiger partial charge in [0.05, 0.1) is 5.76 Å². The highest BCUT2D eigenvalue weighted by Gasteiger charge is 2.12. The minimum absolute atomic E-state index is 0.152. The fourth-order valence-corrected chi connectivity index (χ4v) is 1.73. The zero-order valence-electron chi connectivity index (χ0n) is 10.1. The van der Waals surface area contributed by atoms with E-state index in [0.717, 1.165) is 16.7 Å². The van der Waals surface area contributed by atoms with Crippen LogP contribution in [0.4, 0.5) is 0 Å². The van der Waals surface area contributed by atoms with Crippen LogP contribution in [0.1, 0.15) is 23.9 Å². The second kappa shape index (κ2) is 4.41. The molecule has 1 heterocycles. The standard InChI is InChI=1S/C13H14N2O2/c1-8-5-4-6-9(2)12(8)13-14-11(15-17-13)7-10(3)16/h4-7,16H,1-3H3/b10-7-. The Hall–Kier alpha value is -2.10. The zero-order chi connectivity index (χ0) is 12.4. The van der Waals surface area contributed by atoms with E-state index in [1.165, 1.54) is 6.08 Å². The molecule has 0 aliphatic heterocycles. The van der Waals surface area contributed by atoms with E-state index in [1.807, 2.05) is 32.0 Å². The number of nitrogens with zero attached hydrogens (tertiary/aromatic N) is 2. The fraction of sp³-hybridized carbons (Fsp3) is 0.231. The summed E-state index contributed by atoms with van der Waals surface area (Å²) in [5.74, 6) is 1.01. The smallest absolute Gasteiger partial charge is 0.258 e. The van der Waals surface area contributed by atoms with Crippen LogP contribution in [0.5, 0.6) is 0 Å². The van der Waals surface area contributed by atoms with E-state index in [-0.39, 0.29) is 5.76 Å². The molecule has 0 saturated carbocycles. The van der Waals surface area contributed by atoms with Gasteiger partial charge in [-0.2, -0.15) is 4.98 Å². The quantitative estimate of drug-likeness (QED) is 0.804. The first kappa shape index (κ1) is 11.4. The molecule has 4 nitrogen and oxygen atoms in total. The van der Waals surface area contributed by atoms with Gasteiger partial charge in [0.15, 0.2) is 5.82 Å². The third-order valence-corrected chi connectivity index (χ3v) is 2.47. The van der Waals surface area contributed by atoms with Gasteiger partial charge < -0.3 is 9.63 Å². The summed E-state index contributed by atoms with van der Waals surface area (Å²) < 4.78 is 5.20. The van der Waals surface area contributed by atoms with Crippen LogP contribution in [0.2, 0.25) is 0 Å². The topological polar surface area (TPSA) is 59.2 Å². The molecule has 0 fully saturated rings. The van der Waals surface area contributed by atoms with Crippen LogP contribution >= 0.6 is 0 Å². The summed E-state index contributed by atoms with van der Waals surface area (Å²) in [7, 11) is 0. The summed E-state index contributed by atoms with van der Waals surface area (Å²) in [5, 5.41) is 12.9. The van der Waals surface area contributed by atoms with Crippen molar-refractivity contribution >= 4 is 6.08 Å². The number of aryl methyl sites for hydroxylation is 2. The second-order valence-electron chi connectivity index (χ2n) is 4.01. The number of aliphatic hydroxyl groups is 1. The normalized spacial score (nSPS) is 11.8. The second-order valence-corrected chi connectivity index (χ2v) is 4.01. The van der Waals surface area contributed by atoms with Gasteiger partial charge in [-0.1, -0.05) is 23.4 Å². The van der Waals surface area contributed by atoms with Gasteiger partial charge in [0.1, 0.15) is 0 Å². The van der Waals surface area contributed by atoms with E-state index >= 15 is 0 Å². The molecule has 1 aromatic heterocycles. The molecule has 0 atom stereocenters. The third kappa shape index (κ3) is 2.36. The van der Waals surface area contributed by atoms with Crippen LogP contribution in [0.25, 0.3) is 17.5 Å². The van der Waals surface area contributed by atoms with Crippen molar-refractivity contribution in [2.24, 2.45) is 0 Å². The van der Waals surface area contributed by atoms with E-state index in [4.69, 9.17) is 9.63 Å². The molecule has 1 N–H and O–H groups in total. The molecule has 0 radical (unpaired) electrons. The first-order valence-electron chi connectivity index (χ1n) is 5.35. The number of allylic oxidation sites excluding steroid dienone is 1. The number of aliphatic hydroxyl groups excluding tert-OH is 1. The maximum Gasteiger partial charge on any atom is 0.258 e. The average molecular weight is 230 g/mol. The molecule has 17 heavy (non-hydrogen) atoms. The number of hydrogen-bond donors (Lipinski definition) is 1. The van der Waals surface area contributed by atoms with Crippen molar-refractivity contribution in [3.63, 3.8) is 0 Å². The van der Waals surface area contributed by atoms with Crippen LogP contribution in [0.3, 0.4) is 0 Å². The summed E-state index contributed by atoms with van der Waals surface area (Å²) >= 11 is 0. The molecule has 88 valence electrons. The van der Waals surface area contributed by atoms with Crippen molar-refractivity contribution in [2.45, 2.75) is 20.8 Å². The van der Waals surface area contributed by atoms with Crippen molar-refractivity contribution in [1.29, 1.82) is 0 Å². The molecule has 0 amide bonds. The van der Waals surface area contributed by atoms with Gasteiger partial charge in [0.25, 0.3) is 5.89 Å². The highest BCUT2D eigenvalue weighted by molar-refractivity contribution is 5.63.